The van der Waals surface area contributed by atoms with Crippen molar-refractivity contribution in [2.24, 2.45) is 0 Å². The Hall–Kier alpha value is -3.01. The zero-order valence-corrected chi connectivity index (χ0v) is 17.9. The van der Waals surface area contributed by atoms with Crippen molar-refractivity contribution < 1.29 is 9.53 Å². The maximum Gasteiger partial charge on any atom is 0.311 e. The second kappa shape index (κ2) is 11.2. The minimum Gasteiger partial charge on any atom is -0.427 e. The predicted octanol–water partition coefficient (Wildman–Crippen LogP) is 6.64. The molecule has 4 nitrogen and oxygen atoms in total. The van der Waals surface area contributed by atoms with E-state index in [1.807, 2.05) is 36.7 Å². The fourth-order valence-electron chi connectivity index (χ4n) is 3.24. The van der Waals surface area contributed by atoms with Gasteiger partial charge in [0.25, 0.3) is 0 Å². The highest BCUT2D eigenvalue weighted by atomic mass is 16.5. The Morgan fingerprint density at radius 1 is 0.767 bits per heavy atom. The number of ether oxygens (including phenoxy) is 1. The summed E-state index contributed by atoms with van der Waals surface area (Å²) < 4.78 is 5.35. The number of aryl methyl sites for hydroxylation is 1. The Labute approximate surface area is 179 Å². The molecule has 2 aromatic carbocycles. The van der Waals surface area contributed by atoms with Crippen LogP contribution in [0, 0.1) is 0 Å². The smallest absolute Gasteiger partial charge is 0.311 e. The van der Waals surface area contributed by atoms with Gasteiger partial charge < -0.3 is 4.74 Å². The Morgan fingerprint density at radius 3 is 2.03 bits per heavy atom. The minimum absolute atomic E-state index is 0.186. The highest BCUT2D eigenvalue weighted by Gasteiger charge is 2.06. The van der Waals surface area contributed by atoms with E-state index in [9.17, 15) is 4.79 Å². The van der Waals surface area contributed by atoms with Crippen molar-refractivity contribution in [2.75, 3.05) is 0 Å². The fourth-order valence-corrected chi connectivity index (χ4v) is 3.24. The van der Waals surface area contributed by atoms with Crippen molar-refractivity contribution in [2.45, 2.75) is 58.8 Å². The van der Waals surface area contributed by atoms with Crippen LogP contribution >= 0.6 is 0 Å². The lowest BCUT2D eigenvalue weighted by Crippen LogP contribution is -2.07. The van der Waals surface area contributed by atoms with Crippen LogP contribution in [0.3, 0.4) is 0 Å². The molecule has 156 valence electrons. The molecule has 0 aliphatic heterocycles. The van der Waals surface area contributed by atoms with Gasteiger partial charge in [-0.25, -0.2) is 9.97 Å². The topological polar surface area (TPSA) is 52.1 Å². The van der Waals surface area contributed by atoms with Crippen LogP contribution in [0.5, 0.6) is 5.75 Å². The molecule has 0 radical (unpaired) electrons. The molecule has 0 fully saturated rings. The highest BCUT2D eigenvalue weighted by molar-refractivity contribution is 5.73. The summed E-state index contributed by atoms with van der Waals surface area (Å²) in [6.45, 7) is 4.28. The van der Waals surface area contributed by atoms with Crippen LogP contribution in [-0.4, -0.2) is 15.9 Å². The van der Waals surface area contributed by atoms with Gasteiger partial charge in [-0.05, 0) is 42.5 Å². The average molecular weight is 403 g/mol. The number of carbonyl (C=O) groups is 1. The minimum atomic E-state index is -0.186. The SMILES string of the molecule is CCCCCc1ccc(-c2ncc(-c3ccc(OC(=O)CCCC)cc3)cn2)cc1. The first kappa shape index (κ1) is 21.7. The third kappa shape index (κ3) is 6.24. The molecule has 1 aromatic heterocycles. The number of hydrogen-bond acceptors (Lipinski definition) is 4. The van der Waals surface area contributed by atoms with Crippen LogP contribution in [0.4, 0.5) is 0 Å². The van der Waals surface area contributed by atoms with E-state index in [-0.39, 0.29) is 5.97 Å². The van der Waals surface area contributed by atoms with E-state index in [0.29, 0.717) is 12.2 Å². The first-order chi connectivity index (χ1) is 14.7. The van der Waals surface area contributed by atoms with Gasteiger partial charge in [0.05, 0.1) is 0 Å². The number of carbonyl (C=O) groups excluding carboxylic acids is 1. The molecule has 0 aliphatic rings. The van der Waals surface area contributed by atoms with E-state index in [1.165, 1.54) is 24.8 Å². The molecular weight excluding hydrogens is 372 g/mol. The van der Waals surface area contributed by atoms with Crippen LogP contribution in [0.2, 0.25) is 0 Å². The summed E-state index contributed by atoms with van der Waals surface area (Å²) in [6.07, 6.45) is 10.8. The van der Waals surface area contributed by atoms with Gasteiger partial charge in [0.2, 0.25) is 0 Å². The van der Waals surface area contributed by atoms with E-state index in [1.54, 1.807) is 0 Å². The van der Waals surface area contributed by atoms with Gasteiger partial charge in [0.1, 0.15) is 5.75 Å². The summed E-state index contributed by atoms with van der Waals surface area (Å²) in [5.41, 5.74) is 4.30. The van der Waals surface area contributed by atoms with Gasteiger partial charge in [-0.3, -0.25) is 4.79 Å². The molecule has 0 saturated carbocycles. The first-order valence-electron chi connectivity index (χ1n) is 10.9. The number of unbranched alkanes of at least 4 members (excludes halogenated alkanes) is 3. The van der Waals surface area contributed by atoms with E-state index in [0.717, 1.165) is 41.8 Å². The molecule has 1 heterocycles. The summed E-state index contributed by atoms with van der Waals surface area (Å²) in [7, 11) is 0. The molecule has 3 aromatic rings. The molecule has 0 amide bonds. The molecule has 0 atom stereocenters. The second-order valence-corrected chi connectivity index (χ2v) is 7.55. The number of rotatable bonds is 10. The van der Waals surface area contributed by atoms with Crippen LogP contribution < -0.4 is 4.74 Å². The van der Waals surface area contributed by atoms with Crippen molar-refractivity contribution in [3.8, 4) is 28.3 Å². The number of benzene rings is 2. The maximum atomic E-state index is 11.7. The quantitative estimate of drug-likeness (QED) is 0.217. The monoisotopic (exact) mass is 402 g/mol. The summed E-state index contributed by atoms with van der Waals surface area (Å²) in [6, 6.07) is 16.0. The molecule has 0 spiro atoms. The zero-order chi connectivity index (χ0) is 21.2. The number of aromatic nitrogens is 2. The molecule has 0 aliphatic carbocycles. The number of nitrogens with zero attached hydrogens (tertiary/aromatic N) is 2. The van der Waals surface area contributed by atoms with Crippen molar-refractivity contribution in [3.63, 3.8) is 0 Å². The van der Waals surface area contributed by atoms with Gasteiger partial charge >= 0.3 is 5.97 Å². The van der Waals surface area contributed by atoms with Crippen LogP contribution in [-0.2, 0) is 11.2 Å². The van der Waals surface area contributed by atoms with E-state index < -0.39 is 0 Å². The third-order valence-corrected chi connectivity index (χ3v) is 5.09. The third-order valence-electron chi connectivity index (χ3n) is 5.09. The lowest BCUT2D eigenvalue weighted by atomic mass is 10.0. The zero-order valence-electron chi connectivity index (χ0n) is 17.9. The Balaban J connectivity index is 1.62. The molecule has 0 unspecified atom stereocenters. The van der Waals surface area contributed by atoms with Crippen LogP contribution in [0.1, 0.15) is 57.9 Å². The van der Waals surface area contributed by atoms with Gasteiger partial charge in [0, 0.05) is 29.9 Å². The molecule has 0 saturated heterocycles. The molecular formula is C26H30N2O2. The standard InChI is InChI=1S/C26H30N2O2/c1-3-5-7-8-20-10-12-22(13-11-20)26-27-18-23(19-28-26)21-14-16-24(17-15-21)30-25(29)9-6-4-2/h10-19H,3-9H2,1-2H3. The van der Waals surface area contributed by atoms with Crippen LogP contribution in [0.25, 0.3) is 22.5 Å². The average Bonchev–Trinajstić information content (AvgIpc) is 2.79. The Morgan fingerprint density at radius 2 is 1.40 bits per heavy atom. The molecule has 4 heteroatoms. The van der Waals surface area contributed by atoms with Crippen LogP contribution in [0.15, 0.2) is 60.9 Å². The normalized spacial score (nSPS) is 10.7. The molecule has 30 heavy (non-hydrogen) atoms. The van der Waals surface area contributed by atoms with Crippen molar-refractivity contribution >= 4 is 5.97 Å². The van der Waals surface area contributed by atoms with Crippen molar-refractivity contribution in [3.05, 3.63) is 66.5 Å². The Bertz CT molecular complexity index is 917. The highest BCUT2D eigenvalue weighted by Crippen LogP contribution is 2.23. The predicted molar refractivity (Wildman–Crippen MR) is 121 cm³/mol. The van der Waals surface area contributed by atoms with E-state index in [4.69, 9.17) is 4.74 Å². The fraction of sp³-hybridized carbons (Fsp3) is 0.346. The Kier molecular flexibility index (Phi) is 8.13. The number of esters is 1. The molecule has 3 rings (SSSR count). The summed E-state index contributed by atoms with van der Waals surface area (Å²) in [5, 5.41) is 0. The largest absolute Gasteiger partial charge is 0.427 e. The number of hydrogen-bond donors (Lipinski definition) is 0. The van der Waals surface area contributed by atoms with E-state index in [2.05, 4.69) is 48.1 Å². The van der Waals surface area contributed by atoms with Gasteiger partial charge in [-0.15, -0.1) is 0 Å². The lowest BCUT2D eigenvalue weighted by Gasteiger charge is -2.07. The van der Waals surface area contributed by atoms with Gasteiger partial charge in [-0.2, -0.15) is 0 Å². The van der Waals surface area contributed by atoms with E-state index >= 15 is 0 Å². The summed E-state index contributed by atoms with van der Waals surface area (Å²) >= 11 is 0. The van der Waals surface area contributed by atoms with Gasteiger partial charge in [0.15, 0.2) is 5.82 Å². The van der Waals surface area contributed by atoms with Crippen molar-refractivity contribution in [1.29, 1.82) is 0 Å². The summed E-state index contributed by atoms with van der Waals surface area (Å²) in [4.78, 5) is 20.8. The lowest BCUT2D eigenvalue weighted by molar-refractivity contribution is -0.134. The molecule has 0 N–H and O–H groups in total. The molecule has 0 bridgehead atoms. The van der Waals surface area contributed by atoms with Crippen molar-refractivity contribution in [1.82, 2.24) is 9.97 Å². The maximum absolute atomic E-state index is 11.7. The first-order valence-corrected chi connectivity index (χ1v) is 10.9. The van der Waals surface area contributed by atoms with Gasteiger partial charge in [-0.1, -0.05) is 69.5 Å². The summed E-state index contributed by atoms with van der Waals surface area (Å²) in [5.74, 6) is 1.10. The second-order valence-electron chi connectivity index (χ2n) is 7.55.